The number of carbonyl (C=O) groups is 1. The van der Waals surface area contributed by atoms with E-state index in [2.05, 4.69) is 0 Å². The van der Waals surface area contributed by atoms with E-state index in [1.165, 1.54) is 13.0 Å². The highest BCUT2D eigenvalue weighted by atomic mass is 19.3. The molecular formula is C10H11F2NO. The van der Waals surface area contributed by atoms with Crippen molar-refractivity contribution in [3.63, 3.8) is 0 Å². The van der Waals surface area contributed by atoms with Gasteiger partial charge in [-0.1, -0.05) is 0 Å². The molecule has 0 atom stereocenters. The van der Waals surface area contributed by atoms with Gasteiger partial charge in [0.1, 0.15) is 0 Å². The van der Waals surface area contributed by atoms with Gasteiger partial charge in [0.15, 0.2) is 5.78 Å². The van der Waals surface area contributed by atoms with Crippen LogP contribution in [0.15, 0.2) is 12.1 Å². The van der Waals surface area contributed by atoms with Crippen LogP contribution < -0.4 is 5.73 Å². The van der Waals surface area contributed by atoms with Gasteiger partial charge in [-0.05, 0) is 31.5 Å². The number of ketones is 1. The molecule has 0 saturated carbocycles. The van der Waals surface area contributed by atoms with Crippen molar-refractivity contribution in [1.82, 2.24) is 0 Å². The van der Waals surface area contributed by atoms with Crippen molar-refractivity contribution in [3.8, 4) is 0 Å². The summed E-state index contributed by atoms with van der Waals surface area (Å²) in [6.07, 6.45) is -2.58. The van der Waals surface area contributed by atoms with E-state index in [1.807, 2.05) is 0 Å². The molecule has 0 unspecified atom stereocenters. The van der Waals surface area contributed by atoms with Crippen molar-refractivity contribution in [2.24, 2.45) is 0 Å². The van der Waals surface area contributed by atoms with E-state index in [0.717, 1.165) is 6.07 Å². The number of nitrogen functional groups attached to an aromatic ring is 1. The van der Waals surface area contributed by atoms with Gasteiger partial charge in [-0.2, -0.15) is 0 Å². The molecule has 0 aliphatic carbocycles. The molecule has 0 aliphatic rings. The van der Waals surface area contributed by atoms with E-state index >= 15 is 0 Å². The first kappa shape index (κ1) is 10.6. The fourth-order valence-corrected chi connectivity index (χ4v) is 1.29. The largest absolute Gasteiger partial charge is 0.398 e. The number of Topliss-reactive ketones (excluding diaryl/α,β-unsaturated/α-hetero) is 1. The Morgan fingerprint density at radius 3 is 2.43 bits per heavy atom. The Hall–Kier alpha value is -1.45. The Balaban J connectivity index is 3.34. The van der Waals surface area contributed by atoms with Gasteiger partial charge in [0.05, 0.1) is 0 Å². The third-order valence-corrected chi connectivity index (χ3v) is 2.05. The fraction of sp³-hybridized carbons (Fsp3) is 0.300. The maximum Gasteiger partial charge on any atom is 0.264 e. The topological polar surface area (TPSA) is 43.1 Å². The minimum Gasteiger partial charge on any atom is -0.398 e. The van der Waals surface area contributed by atoms with Crippen LogP contribution in [0.1, 0.15) is 34.8 Å². The van der Waals surface area contributed by atoms with E-state index in [4.69, 9.17) is 5.73 Å². The first-order valence-corrected chi connectivity index (χ1v) is 4.12. The molecule has 1 aromatic rings. The average molecular weight is 199 g/mol. The summed E-state index contributed by atoms with van der Waals surface area (Å²) in [5.41, 5.74) is 6.20. The van der Waals surface area contributed by atoms with Crippen molar-refractivity contribution in [3.05, 3.63) is 28.8 Å². The Morgan fingerprint density at radius 2 is 2.00 bits per heavy atom. The molecule has 0 amide bonds. The van der Waals surface area contributed by atoms with Crippen molar-refractivity contribution in [1.29, 1.82) is 0 Å². The first-order valence-electron chi connectivity index (χ1n) is 4.12. The van der Waals surface area contributed by atoms with Gasteiger partial charge in [-0.15, -0.1) is 0 Å². The van der Waals surface area contributed by atoms with Gasteiger partial charge >= 0.3 is 0 Å². The number of hydrogen-bond donors (Lipinski definition) is 1. The summed E-state index contributed by atoms with van der Waals surface area (Å²) >= 11 is 0. The molecule has 0 aromatic heterocycles. The predicted molar refractivity (Wildman–Crippen MR) is 50.6 cm³/mol. The Bertz CT molecular complexity index is 375. The molecule has 2 nitrogen and oxygen atoms in total. The number of aryl methyl sites for hydroxylation is 1. The monoisotopic (exact) mass is 199 g/mol. The molecule has 0 radical (unpaired) electrons. The van der Waals surface area contributed by atoms with E-state index in [1.54, 1.807) is 6.92 Å². The summed E-state index contributed by atoms with van der Waals surface area (Å²) in [5, 5.41) is 0. The number of halogens is 2. The molecular weight excluding hydrogens is 188 g/mol. The van der Waals surface area contributed by atoms with Crippen molar-refractivity contribution in [2.45, 2.75) is 20.3 Å². The van der Waals surface area contributed by atoms with E-state index < -0.39 is 6.43 Å². The molecule has 4 heteroatoms. The van der Waals surface area contributed by atoms with Gasteiger partial charge in [0, 0.05) is 16.8 Å². The molecule has 14 heavy (non-hydrogen) atoms. The molecule has 1 rings (SSSR count). The van der Waals surface area contributed by atoms with Gasteiger partial charge in [-0.25, -0.2) is 8.78 Å². The number of benzene rings is 1. The lowest BCUT2D eigenvalue weighted by molar-refractivity contribution is 0.101. The third-order valence-electron chi connectivity index (χ3n) is 2.05. The highest BCUT2D eigenvalue weighted by Gasteiger charge is 2.15. The number of carbonyl (C=O) groups excluding carboxylic acids is 1. The lowest BCUT2D eigenvalue weighted by Gasteiger charge is -2.09. The van der Waals surface area contributed by atoms with Crippen LogP contribution in [0.3, 0.4) is 0 Å². The van der Waals surface area contributed by atoms with Crippen LogP contribution in [-0.2, 0) is 0 Å². The van der Waals surface area contributed by atoms with E-state index in [9.17, 15) is 13.6 Å². The van der Waals surface area contributed by atoms with Crippen LogP contribution in [0.25, 0.3) is 0 Å². The zero-order valence-corrected chi connectivity index (χ0v) is 7.97. The summed E-state index contributed by atoms with van der Waals surface area (Å²) in [6.45, 7) is 2.85. The standard InChI is InChI=1S/C10H11F2NO/c1-5-3-9(13)8(6(2)14)4-7(5)10(11)12/h3-4,10H,13H2,1-2H3. The van der Waals surface area contributed by atoms with Crippen molar-refractivity contribution in [2.75, 3.05) is 5.73 Å². The predicted octanol–water partition coefficient (Wildman–Crippen LogP) is 2.72. The highest BCUT2D eigenvalue weighted by Crippen LogP contribution is 2.27. The molecule has 0 fully saturated rings. The molecule has 0 saturated heterocycles. The second kappa shape index (κ2) is 3.74. The van der Waals surface area contributed by atoms with Gasteiger partial charge in [-0.3, -0.25) is 4.79 Å². The molecule has 0 bridgehead atoms. The molecule has 1 aromatic carbocycles. The van der Waals surface area contributed by atoms with Crippen LogP contribution in [0.2, 0.25) is 0 Å². The zero-order valence-electron chi connectivity index (χ0n) is 7.97. The number of rotatable bonds is 2. The van der Waals surface area contributed by atoms with E-state index in [-0.39, 0.29) is 22.6 Å². The third kappa shape index (κ3) is 1.89. The quantitative estimate of drug-likeness (QED) is 0.587. The SMILES string of the molecule is CC(=O)c1cc(C(F)F)c(C)cc1N. The molecule has 0 aliphatic heterocycles. The maximum absolute atomic E-state index is 12.5. The van der Waals surface area contributed by atoms with Gasteiger partial charge in [0.2, 0.25) is 0 Å². The zero-order chi connectivity index (χ0) is 10.9. The first-order chi connectivity index (χ1) is 6.43. The lowest BCUT2D eigenvalue weighted by atomic mass is 10.0. The van der Waals surface area contributed by atoms with Gasteiger partial charge in [0.25, 0.3) is 6.43 Å². The van der Waals surface area contributed by atoms with Crippen LogP contribution >= 0.6 is 0 Å². The minimum absolute atomic E-state index is 0.135. The number of anilines is 1. The normalized spacial score (nSPS) is 10.6. The summed E-state index contributed by atoms with van der Waals surface area (Å²) < 4.78 is 24.9. The van der Waals surface area contributed by atoms with Crippen LogP contribution in [0, 0.1) is 6.92 Å². The summed E-state index contributed by atoms with van der Waals surface area (Å²) in [7, 11) is 0. The number of nitrogens with two attached hydrogens (primary N) is 1. The Labute approximate surface area is 80.7 Å². The minimum atomic E-state index is -2.58. The smallest absolute Gasteiger partial charge is 0.264 e. The molecule has 0 spiro atoms. The Morgan fingerprint density at radius 1 is 1.43 bits per heavy atom. The lowest BCUT2D eigenvalue weighted by Crippen LogP contribution is -2.03. The highest BCUT2D eigenvalue weighted by molar-refractivity contribution is 5.99. The summed E-state index contributed by atoms with van der Waals surface area (Å²) in [6, 6.07) is 2.57. The fourth-order valence-electron chi connectivity index (χ4n) is 1.29. The maximum atomic E-state index is 12.5. The van der Waals surface area contributed by atoms with E-state index in [0.29, 0.717) is 5.56 Å². The second-order valence-corrected chi connectivity index (χ2v) is 3.15. The van der Waals surface area contributed by atoms with Crippen molar-refractivity contribution < 1.29 is 13.6 Å². The number of alkyl halides is 2. The second-order valence-electron chi connectivity index (χ2n) is 3.15. The molecule has 76 valence electrons. The molecule has 2 N–H and O–H groups in total. The molecule has 0 heterocycles. The van der Waals surface area contributed by atoms with Gasteiger partial charge < -0.3 is 5.73 Å². The number of hydrogen-bond acceptors (Lipinski definition) is 2. The van der Waals surface area contributed by atoms with Crippen molar-refractivity contribution >= 4 is 11.5 Å². The Kier molecular flexibility index (Phi) is 2.84. The van der Waals surface area contributed by atoms with Crippen LogP contribution in [-0.4, -0.2) is 5.78 Å². The summed E-state index contributed by atoms with van der Waals surface area (Å²) in [5.74, 6) is -0.301. The van der Waals surface area contributed by atoms with Crippen LogP contribution in [0.5, 0.6) is 0 Å². The average Bonchev–Trinajstić information content (AvgIpc) is 2.02. The van der Waals surface area contributed by atoms with Crippen LogP contribution in [0.4, 0.5) is 14.5 Å². The summed E-state index contributed by atoms with van der Waals surface area (Å²) in [4.78, 5) is 11.0.